The average molecular weight is 341 g/mol. The van der Waals surface area contributed by atoms with Crippen LogP contribution in [0.1, 0.15) is 57.4 Å². The van der Waals surface area contributed by atoms with Crippen molar-refractivity contribution in [3.8, 4) is 11.5 Å². The molecule has 1 aromatic rings. The fourth-order valence-corrected chi connectivity index (χ4v) is 3.83. The van der Waals surface area contributed by atoms with Crippen molar-refractivity contribution < 1.29 is 9.47 Å². The second kappa shape index (κ2) is 7.92. The molecule has 0 N–H and O–H groups in total. The van der Waals surface area contributed by atoms with E-state index in [4.69, 9.17) is 9.47 Å². The molecular weight excluding hydrogens is 316 g/mol. The largest absolute Gasteiger partial charge is 0.490 e. The molecule has 0 heterocycles. The number of hydrogen-bond donors (Lipinski definition) is 0. The number of alkyl halides is 1. The molecule has 2 atom stereocenters. The van der Waals surface area contributed by atoms with E-state index >= 15 is 0 Å². The molecule has 0 amide bonds. The van der Waals surface area contributed by atoms with E-state index in [0.717, 1.165) is 11.5 Å². The van der Waals surface area contributed by atoms with E-state index in [1.54, 1.807) is 0 Å². The SMILES string of the molecule is CCOc1ccc(C2CCCCCC2Br)cc1OCC. The molecule has 0 saturated heterocycles. The maximum absolute atomic E-state index is 5.75. The van der Waals surface area contributed by atoms with Crippen molar-refractivity contribution >= 4 is 15.9 Å². The Balaban J connectivity index is 2.24. The summed E-state index contributed by atoms with van der Waals surface area (Å²) in [5, 5.41) is 0. The molecule has 2 unspecified atom stereocenters. The van der Waals surface area contributed by atoms with Crippen LogP contribution < -0.4 is 9.47 Å². The highest BCUT2D eigenvalue weighted by Gasteiger charge is 2.24. The van der Waals surface area contributed by atoms with Gasteiger partial charge in [-0.1, -0.05) is 41.3 Å². The second-order valence-electron chi connectivity index (χ2n) is 5.33. The van der Waals surface area contributed by atoms with E-state index in [1.807, 2.05) is 13.8 Å². The van der Waals surface area contributed by atoms with Crippen molar-refractivity contribution in [1.82, 2.24) is 0 Å². The van der Waals surface area contributed by atoms with Crippen molar-refractivity contribution in [1.29, 1.82) is 0 Å². The van der Waals surface area contributed by atoms with Crippen LogP contribution in [0, 0.1) is 0 Å². The molecule has 3 heteroatoms. The molecule has 2 rings (SSSR count). The zero-order valence-corrected chi connectivity index (χ0v) is 14.1. The molecule has 0 bridgehead atoms. The Kier molecular flexibility index (Phi) is 6.21. The van der Waals surface area contributed by atoms with Gasteiger partial charge in [0.15, 0.2) is 11.5 Å². The number of hydrogen-bond acceptors (Lipinski definition) is 2. The fraction of sp³-hybridized carbons (Fsp3) is 0.647. The molecule has 1 aliphatic rings. The lowest BCUT2D eigenvalue weighted by Gasteiger charge is -2.22. The molecule has 0 radical (unpaired) electrons. The van der Waals surface area contributed by atoms with Crippen LogP contribution in [0.25, 0.3) is 0 Å². The minimum atomic E-state index is 0.581. The van der Waals surface area contributed by atoms with E-state index < -0.39 is 0 Å². The third kappa shape index (κ3) is 3.91. The summed E-state index contributed by atoms with van der Waals surface area (Å²) >= 11 is 3.88. The maximum Gasteiger partial charge on any atom is 0.161 e. The summed E-state index contributed by atoms with van der Waals surface area (Å²) in [4.78, 5) is 0.581. The number of rotatable bonds is 5. The summed E-state index contributed by atoms with van der Waals surface area (Å²) in [6.45, 7) is 5.36. The summed E-state index contributed by atoms with van der Waals surface area (Å²) in [5.74, 6) is 2.33. The first-order chi connectivity index (χ1) is 9.76. The summed E-state index contributed by atoms with van der Waals surface area (Å²) in [6, 6.07) is 6.45. The molecule has 0 aromatic heterocycles. The molecule has 1 fully saturated rings. The first-order valence-electron chi connectivity index (χ1n) is 7.79. The Morgan fingerprint density at radius 3 is 2.45 bits per heavy atom. The third-order valence-electron chi connectivity index (χ3n) is 3.93. The van der Waals surface area contributed by atoms with Gasteiger partial charge in [0.2, 0.25) is 0 Å². The first kappa shape index (κ1) is 15.7. The van der Waals surface area contributed by atoms with Gasteiger partial charge in [-0.15, -0.1) is 0 Å². The highest BCUT2D eigenvalue weighted by Crippen LogP contribution is 2.39. The van der Waals surface area contributed by atoms with Gasteiger partial charge in [-0.2, -0.15) is 0 Å². The summed E-state index contributed by atoms with van der Waals surface area (Å²) in [5.41, 5.74) is 1.38. The zero-order valence-electron chi connectivity index (χ0n) is 12.5. The molecule has 20 heavy (non-hydrogen) atoms. The standard InChI is InChI=1S/C17H25BrO2/c1-3-19-16-11-10-13(12-17(16)20-4-2)14-8-6-5-7-9-15(14)18/h10-12,14-15H,3-9H2,1-2H3. The highest BCUT2D eigenvalue weighted by molar-refractivity contribution is 9.09. The van der Waals surface area contributed by atoms with Gasteiger partial charge in [0.25, 0.3) is 0 Å². The molecular formula is C17H25BrO2. The maximum atomic E-state index is 5.75. The van der Waals surface area contributed by atoms with Gasteiger partial charge in [-0.05, 0) is 50.3 Å². The van der Waals surface area contributed by atoms with Crippen LogP contribution in [-0.2, 0) is 0 Å². The van der Waals surface area contributed by atoms with Crippen molar-refractivity contribution in [3.05, 3.63) is 23.8 Å². The van der Waals surface area contributed by atoms with Crippen LogP contribution in [0.3, 0.4) is 0 Å². The van der Waals surface area contributed by atoms with Crippen LogP contribution in [0.15, 0.2) is 18.2 Å². The lowest BCUT2D eigenvalue weighted by Crippen LogP contribution is -2.11. The smallest absolute Gasteiger partial charge is 0.161 e. The van der Waals surface area contributed by atoms with Crippen LogP contribution in [0.4, 0.5) is 0 Å². The van der Waals surface area contributed by atoms with E-state index in [-0.39, 0.29) is 0 Å². The Morgan fingerprint density at radius 2 is 1.70 bits per heavy atom. The molecule has 1 saturated carbocycles. The van der Waals surface area contributed by atoms with Crippen LogP contribution in [0.5, 0.6) is 11.5 Å². The van der Waals surface area contributed by atoms with E-state index in [0.29, 0.717) is 24.0 Å². The summed E-state index contributed by atoms with van der Waals surface area (Å²) in [7, 11) is 0. The quantitative estimate of drug-likeness (QED) is 0.535. The molecule has 0 aliphatic heterocycles. The van der Waals surface area contributed by atoms with Crippen molar-refractivity contribution in [3.63, 3.8) is 0 Å². The van der Waals surface area contributed by atoms with E-state index in [9.17, 15) is 0 Å². The lowest BCUT2D eigenvalue weighted by molar-refractivity contribution is 0.287. The molecule has 1 aromatic carbocycles. The van der Waals surface area contributed by atoms with Crippen LogP contribution in [0.2, 0.25) is 0 Å². The number of benzene rings is 1. The molecule has 2 nitrogen and oxygen atoms in total. The van der Waals surface area contributed by atoms with Crippen LogP contribution >= 0.6 is 15.9 Å². The van der Waals surface area contributed by atoms with E-state index in [2.05, 4.69) is 34.1 Å². The predicted octanol–water partition coefficient (Wildman–Crippen LogP) is 5.30. The van der Waals surface area contributed by atoms with Gasteiger partial charge in [0.05, 0.1) is 13.2 Å². The Bertz CT molecular complexity index is 419. The van der Waals surface area contributed by atoms with Crippen molar-refractivity contribution in [2.45, 2.75) is 56.7 Å². The number of halogens is 1. The van der Waals surface area contributed by atoms with Gasteiger partial charge in [-0.25, -0.2) is 0 Å². The van der Waals surface area contributed by atoms with Gasteiger partial charge >= 0.3 is 0 Å². The molecule has 1 aliphatic carbocycles. The fourth-order valence-electron chi connectivity index (χ4n) is 2.94. The Labute approximate surface area is 131 Å². The Hall–Kier alpha value is -0.700. The topological polar surface area (TPSA) is 18.5 Å². The minimum absolute atomic E-state index is 0.581. The van der Waals surface area contributed by atoms with Crippen molar-refractivity contribution in [2.75, 3.05) is 13.2 Å². The first-order valence-corrected chi connectivity index (χ1v) is 8.71. The lowest BCUT2D eigenvalue weighted by atomic mass is 9.91. The highest BCUT2D eigenvalue weighted by atomic mass is 79.9. The van der Waals surface area contributed by atoms with Gasteiger partial charge in [0.1, 0.15) is 0 Å². The number of ether oxygens (including phenoxy) is 2. The predicted molar refractivity (Wildman–Crippen MR) is 87.3 cm³/mol. The zero-order chi connectivity index (χ0) is 14.4. The second-order valence-corrected chi connectivity index (χ2v) is 6.51. The molecule has 112 valence electrons. The molecule has 0 spiro atoms. The summed E-state index contributed by atoms with van der Waals surface area (Å²) < 4.78 is 11.4. The average Bonchev–Trinajstić information content (AvgIpc) is 2.66. The normalized spacial score (nSPS) is 23.1. The third-order valence-corrected chi connectivity index (χ3v) is 5.02. The van der Waals surface area contributed by atoms with Crippen molar-refractivity contribution in [2.24, 2.45) is 0 Å². The van der Waals surface area contributed by atoms with Gasteiger partial charge in [-0.3, -0.25) is 0 Å². The minimum Gasteiger partial charge on any atom is -0.490 e. The van der Waals surface area contributed by atoms with Gasteiger partial charge in [0, 0.05) is 4.83 Å². The van der Waals surface area contributed by atoms with Gasteiger partial charge < -0.3 is 9.47 Å². The monoisotopic (exact) mass is 340 g/mol. The summed E-state index contributed by atoms with van der Waals surface area (Å²) in [6.07, 6.45) is 6.54. The Morgan fingerprint density at radius 1 is 1.00 bits per heavy atom. The van der Waals surface area contributed by atoms with E-state index in [1.165, 1.54) is 37.7 Å². The van der Waals surface area contributed by atoms with Crippen LogP contribution in [-0.4, -0.2) is 18.0 Å².